The number of carbonyl (C=O) groups is 2. The van der Waals surface area contributed by atoms with E-state index in [9.17, 15) is 9.59 Å². The van der Waals surface area contributed by atoms with E-state index >= 15 is 0 Å². The Hall–Kier alpha value is -3.74. The van der Waals surface area contributed by atoms with Gasteiger partial charge in [-0.3, -0.25) is 14.5 Å². The maximum absolute atomic E-state index is 12.8. The minimum atomic E-state index is -0.330. The number of imide groups is 1. The largest absolute Gasteiger partial charge is 0.490 e. The summed E-state index contributed by atoms with van der Waals surface area (Å²) in [5, 5.41) is 2.52. The number of amides is 2. The first-order valence-electron chi connectivity index (χ1n) is 11.4. The number of rotatable bonds is 8. The Morgan fingerprint density at radius 3 is 2.42 bits per heavy atom. The van der Waals surface area contributed by atoms with Gasteiger partial charge in [0.25, 0.3) is 11.1 Å². The average molecular weight is 516 g/mol. The quantitative estimate of drug-likeness (QED) is 0.232. The second kappa shape index (κ2) is 10.9. The highest BCUT2D eigenvalue weighted by atomic mass is 35.5. The summed E-state index contributed by atoms with van der Waals surface area (Å²) in [6.45, 7) is 0.766. The zero-order valence-corrected chi connectivity index (χ0v) is 20.8. The van der Waals surface area contributed by atoms with Gasteiger partial charge in [-0.2, -0.15) is 0 Å². The van der Waals surface area contributed by atoms with E-state index in [0.29, 0.717) is 22.3 Å². The number of nitrogens with zero attached hydrogens (tertiary/aromatic N) is 1. The number of fused-ring (bicyclic) bond motifs is 1. The van der Waals surface area contributed by atoms with Crippen molar-refractivity contribution in [3.8, 4) is 11.5 Å². The minimum Gasteiger partial charge on any atom is -0.490 e. The summed E-state index contributed by atoms with van der Waals surface area (Å²) in [7, 11) is 0. The molecule has 0 saturated carbocycles. The van der Waals surface area contributed by atoms with Crippen molar-refractivity contribution < 1.29 is 19.1 Å². The van der Waals surface area contributed by atoms with Crippen LogP contribution in [-0.4, -0.2) is 29.2 Å². The van der Waals surface area contributed by atoms with Crippen LogP contribution >= 0.6 is 23.4 Å². The molecule has 0 atom stereocenters. The van der Waals surface area contributed by atoms with Gasteiger partial charge in [-0.25, -0.2) is 0 Å². The van der Waals surface area contributed by atoms with E-state index in [1.807, 2.05) is 48.5 Å². The highest BCUT2D eigenvalue weighted by molar-refractivity contribution is 8.18. The number of ether oxygens (including phenoxy) is 2. The Morgan fingerprint density at radius 2 is 1.58 bits per heavy atom. The molecular weight excluding hydrogens is 494 g/mol. The molecule has 5 nitrogen and oxygen atoms in total. The molecule has 36 heavy (non-hydrogen) atoms. The van der Waals surface area contributed by atoms with Gasteiger partial charge >= 0.3 is 0 Å². The van der Waals surface area contributed by atoms with Gasteiger partial charge in [0.2, 0.25) is 0 Å². The molecule has 2 amide bonds. The lowest BCUT2D eigenvalue weighted by Crippen LogP contribution is -2.32. The van der Waals surface area contributed by atoms with Crippen LogP contribution in [0.3, 0.4) is 0 Å². The van der Waals surface area contributed by atoms with Crippen LogP contribution in [0.25, 0.3) is 16.8 Å². The lowest BCUT2D eigenvalue weighted by molar-refractivity contribution is -0.123. The molecule has 0 unspecified atom stereocenters. The SMILES string of the molecule is O=C1S/C(=C\c2ccc(OCc3cccc4ccccc34)cc2)C(=O)N1CCOc1ccccc1Cl. The fraction of sp³-hybridized carbons (Fsp3) is 0.103. The highest BCUT2D eigenvalue weighted by Gasteiger charge is 2.34. The molecule has 0 N–H and O–H groups in total. The molecule has 180 valence electrons. The third-order valence-corrected chi connectivity index (χ3v) is 6.95. The molecule has 5 rings (SSSR count). The zero-order chi connectivity index (χ0) is 24.9. The summed E-state index contributed by atoms with van der Waals surface area (Å²) < 4.78 is 11.6. The maximum Gasteiger partial charge on any atom is 0.293 e. The van der Waals surface area contributed by atoms with Crippen molar-refractivity contribution in [2.24, 2.45) is 0 Å². The number of hydrogen-bond donors (Lipinski definition) is 0. The molecule has 1 saturated heterocycles. The molecule has 7 heteroatoms. The predicted molar refractivity (Wildman–Crippen MR) is 144 cm³/mol. The van der Waals surface area contributed by atoms with Crippen LogP contribution in [0.15, 0.2) is 95.9 Å². The normalized spacial score (nSPS) is 14.6. The topological polar surface area (TPSA) is 55.8 Å². The lowest BCUT2D eigenvalue weighted by atomic mass is 10.1. The van der Waals surface area contributed by atoms with Gasteiger partial charge in [0.05, 0.1) is 16.5 Å². The van der Waals surface area contributed by atoms with E-state index in [2.05, 4.69) is 24.3 Å². The number of halogens is 1. The summed E-state index contributed by atoms with van der Waals surface area (Å²) in [6.07, 6.45) is 1.72. The smallest absolute Gasteiger partial charge is 0.293 e. The van der Waals surface area contributed by atoms with Crippen LogP contribution in [0.4, 0.5) is 4.79 Å². The second-order valence-corrected chi connectivity index (χ2v) is 9.51. The van der Waals surface area contributed by atoms with Crippen molar-refractivity contribution in [2.45, 2.75) is 6.61 Å². The van der Waals surface area contributed by atoms with Crippen molar-refractivity contribution in [1.29, 1.82) is 0 Å². The van der Waals surface area contributed by atoms with Crippen molar-refractivity contribution in [3.63, 3.8) is 0 Å². The monoisotopic (exact) mass is 515 g/mol. The molecule has 1 aliphatic rings. The molecule has 1 heterocycles. The summed E-state index contributed by atoms with van der Waals surface area (Å²) in [6, 6.07) is 28.9. The van der Waals surface area contributed by atoms with Crippen molar-refractivity contribution >= 4 is 51.4 Å². The van der Waals surface area contributed by atoms with Gasteiger partial charge in [-0.05, 0) is 64.0 Å². The van der Waals surface area contributed by atoms with Gasteiger partial charge in [0.1, 0.15) is 24.7 Å². The third kappa shape index (κ3) is 5.40. The first-order valence-corrected chi connectivity index (χ1v) is 12.6. The first kappa shape index (κ1) is 24.0. The molecule has 0 spiro atoms. The van der Waals surface area contributed by atoms with Crippen LogP contribution in [0.2, 0.25) is 5.02 Å². The Bertz CT molecular complexity index is 1450. The summed E-state index contributed by atoms with van der Waals surface area (Å²) in [5.41, 5.74) is 1.93. The van der Waals surface area contributed by atoms with E-state index in [0.717, 1.165) is 28.6 Å². The number of hydrogen-bond acceptors (Lipinski definition) is 5. The van der Waals surface area contributed by atoms with Gasteiger partial charge in [-0.1, -0.05) is 78.3 Å². The molecule has 1 aliphatic heterocycles. The fourth-order valence-corrected chi connectivity index (χ4v) is 4.95. The molecular formula is C29H22ClNO4S. The maximum atomic E-state index is 12.8. The van der Waals surface area contributed by atoms with Crippen molar-refractivity contribution in [1.82, 2.24) is 4.90 Å². The molecule has 0 radical (unpaired) electrons. The predicted octanol–water partition coefficient (Wildman–Crippen LogP) is 7.19. The molecule has 0 bridgehead atoms. The summed E-state index contributed by atoms with van der Waals surface area (Å²) >= 11 is 7.01. The standard InChI is InChI=1S/C29H22ClNO4S/c30-25-10-3-4-11-26(25)34-17-16-31-28(32)27(36-29(31)33)18-20-12-14-23(15-13-20)35-19-22-8-5-7-21-6-1-2-9-24(21)22/h1-15,18H,16-17,19H2/b27-18-. The van der Waals surface area contributed by atoms with Gasteiger partial charge in [-0.15, -0.1) is 0 Å². The molecule has 0 aromatic heterocycles. The van der Waals surface area contributed by atoms with E-state index < -0.39 is 0 Å². The lowest BCUT2D eigenvalue weighted by Gasteiger charge is -2.13. The molecule has 1 fully saturated rings. The number of thioether (sulfide) groups is 1. The van der Waals surface area contributed by atoms with Crippen LogP contribution < -0.4 is 9.47 Å². The fourth-order valence-electron chi connectivity index (χ4n) is 3.89. The molecule has 4 aromatic carbocycles. The number of benzene rings is 4. The third-order valence-electron chi connectivity index (χ3n) is 5.73. The van der Waals surface area contributed by atoms with Crippen LogP contribution in [0.5, 0.6) is 11.5 Å². The van der Waals surface area contributed by atoms with E-state index in [1.54, 1.807) is 24.3 Å². The zero-order valence-electron chi connectivity index (χ0n) is 19.2. The van der Waals surface area contributed by atoms with Gasteiger partial charge in [0.15, 0.2) is 0 Å². The second-order valence-electron chi connectivity index (χ2n) is 8.11. The van der Waals surface area contributed by atoms with Crippen LogP contribution in [-0.2, 0) is 11.4 Å². The van der Waals surface area contributed by atoms with Crippen LogP contribution in [0, 0.1) is 0 Å². The minimum absolute atomic E-state index is 0.147. The van der Waals surface area contributed by atoms with Gasteiger partial charge < -0.3 is 9.47 Å². The van der Waals surface area contributed by atoms with Crippen LogP contribution in [0.1, 0.15) is 11.1 Å². The Morgan fingerprint density at radius 1 is 0.833 bits per heavy atom. The van der Waals surface area contributed by atoms with Crippen molar-refractivity contribution in [2.75, 3.05) is 13.2 Å². The van der Waals surface area contributed by atoms with E-state index in [4.69, 9.17) is 21.1 Å². The van der Waals surface area contributed by atoms with Crippen molar-refractivity contribution in [3.05, 3.63) is 112 Å². The average Bonchev–Trinajstić information content (AvgIpc) is 3.16. The van der Waals surface area contributed by atoms with E-state index in [-0.39, 0.29) is 24.3 Å². The molecule has 4 aromatic rings. The Kier molecular flexibility index (Phi) is 7.26. The number of para-hydroxylation sites is 1. The molecule has 0 aliphatic carbocycles. The summed E-state index contributed by atoms with van der Waals surface area (Å²) in [4.78, 5) is 26.7. The highest BCUT2D eigenvalue weighted by Crippen LogP contribution is 2.32. The van der Waals surface area contributed by atoms with Gasteiger partial charge in [0, 0.05) is 0 Å². The Labute approximate surface area is 218 Å². The Balaban J connectivity index is 1.19. The number of carbonyl (C=O) groups excluding carboxylic acids is 2. The first-order chi connectivity index (χ1) is 17.6. The summed E-state index contributed by atoms with van der Waals surface area (Å²) in [5.74, 6) is 0.915. The van der Waals surface area contributed by atoms with E-state index in [1.165, 1.54) is 15.7 Å².